The van der Waals surface area contributed by atoms with Crippen LogP contribution in [0, 0.1) is 11.8 Å². The molecule has 3 unspecified atom stereocenters. The van der Waals surface area contributed by atoms with E-state index in [1.165, 1.54) is 12.8 Å². The highest BCUT2D eigenvalue weighted by molar-refractivity contribution is 5.76. The van der Waals surface area contributed by atoms with Gasteiger partial charge in [-0.1, -0.05) is 26.7 Å². The Morgan fingerprint density at radius 1 is 1.31 bits per heavy atom. The highest BCUT2D eigenvalue weighted by atomic mass is 16.1. The molecule has 1 rings (SSSR count). The summed E-state index contributed by atoms with van der Waals surface area (Å²) in [6.07, 6.45) is 6.20. The van der Waals surface area contributed by atoms with Crippen LogP contribution >= 0.6 is 0 Å². The molecular formula is C13H26N2O. The van der Waals surface area contributed by atoms with Gasteiger partial charge in [0.15, 0.2) is 0 Å². The molecular weight excluding hydrogens is 200 g/mol. The Kier molecular flexibility index (Phi) is 5.81. The summed E-state index contributed by atoms with van der Waals surface area (Å²) < 4.78 is 0. The summed E-state index contributed by atoms with van der Waals surface area (Å²) in [6.45, 7) is 5.23. The summed E-state index contributed by atoms with van der Waals surface area (Å²) in [4.78, 5) is 11.7. The second kappa shape index (κ2) is 6.89. The number of hydrogen-bond donors (Lipinski definition) is 2. The zero-order chi connectivity index (χ0) is 12.0. The lowest BCUT2D eigenvalue weighted by Gasteiger charge is -2.34. The van der Waals surface area contributed by atoms with Gasteiger partial charge < -0.3 is 11.1 Å². The van der Waals surface area contributed by atoms with Crippen LogP contribution < -0.4 is 11.1 Å². The normalized spacial score (nSPS) is 30.1. The molecule has 1 aliphatic carbocycles. The molecule has 3 nitrogen and oxygen atoms in total. The number of nitrogens with two attached hydrogens (primary N) is 1. The molecule has 94 valence electrons. The molecule has 1 fully saturated rings. The highest BCUT2D eigenvalue weighted by Crippen LogP contribution is 2.29. The molecule has 3 atom stereocenters. The maximum absolute atomic E-state index is 11.7. The van der Waals surface area contributed by atoms with Crippen molar-refractivity contribution in [1.29, 1.82) is 0 Å². The third kappa shape index (κ3) is 4.12. The molecule has 0 bridgehead atoms. The lowest BCUT2D eigenvalue weighted by molar-refractivity contribution is -0.122. The molecule has 0 aromatic carbocycles. The molecule has 0 saturated heterocycles. The number of nitrogens with one attached hydrogen (secondary N) is 1. The molecule has 0 spiro atoms. The fourth-order valence-electron chi connectivity index (χ4n) is 2.49. The molecule has 1 aliphatic rings. The largest absolute Gasteiger partial charge is 0.353 e. The van der Waals surface area contributed by atoms with E-state index in [0.29, 0.717) is 24.9 Å². The Labute approximate surface area is 99.2 Å². The molecule has 3 N–H and O–H groups in total. The molecule has 0 aliphatic heterocycles. The minimum absolute atomic E-state index is 0.208. The average Bonchev–Trinajstić information content (AvgIpc) is 2.25. The zero-order valence-electron chi connectivity index (χ0n) is 10.7. The topological polar surface area (TPSA) is 55.1 Å². The lowest BCUT2D eigenvalue weighted by Crippen LogP contribution is -2.43. The first kappa shape index (κ1) is 13.5. The maximum atomic E-state index is 11.7. The van der Waals surface area contributed by atoms with Crippen molar-refractivity contribution in [2.45, 2.75) is 58.4 Å². The van der Waals surface area contributed by atoms with Crippen LogP contribution in [-0.4, -0.2) is 18.5 Å². The second-order valence-electron chi connectivity index (χ2n) is 5.19. The smallest absolute Gasteiger partial charge is 0.220 e. The Balaban J connectivity index is 2.26. The number of carbonyl (C=O) groups excluding carboxylic acids is 1. The van der Waals surface area contributed by atoms with Gasteiger partial charge in [-0.3, -0.25) is 4.79 Å². The molecule has 1 saturated carbocycles. The van der Waals surface area contributed by atoms with Crippen LogP contribution in [0.25, 0.3) is 0 Å². The summed E-state index contributed by atoms with van der Waals surface area (Å²) in [5.74, 6) is 1.56. The van der Waals surface area contributed by atoms with Crippen molar-refractivity contribution >= 4 is 5.91 Å². The van der Waals surface area contributed by atoms with Crippen LogP contribution in [0.2, 0.25) is 0 Å². The van der Waals surface area contributed by atoms with E-state index in [-0.39, 0.29) is 5.91 Å². The van der Waals surface area contributed by atoms with Gasteiger partial charge in [0.2, 0.25) is 5.91 Å². The van der Waals surface area contributed by atoms with Crippen LogP contribution in [0.1, 0.15) is 52.4 Å². The lowest BCUT2D eigenvalue weighted by atomic mass is 9.78. The molecule has 0 aromatic heterocycles. The van der Waals surface area contributed by atoms with Gasteiger partial charge in [-0.2, -0.15) is 0 Å². The summed E-state index contributed by atoms with van der Waals surface area (Å²) in [5.41, 5.74) is 5.41. The molecule has 0 radical (unpaired) electrons. The monoisotopic (exact) mass is 226 g/mol. The predicted molar refractivity (Wildman–Crippen MR) is 67.0 cm³/mol. The summed E-state index contributed by atoms with van der Waals surface area (Å²) in [5, 5.41) is 3.18. The van der Waals surface area contributed by atoms with Crippen molar-refractivity contribution in [3.63, 3.8) is 0 Å². The van der Waals surface area contributed by atoms with Crippen molar-refractivity contribution in [1.82, 2.24) is 5.32 Å². The third-order valence-corrected chi connectivity index (χ3v) is 3.91. The summed E-state index contributed by atoms with van der Waals surface area (Å²) in [6, 6.07) is 0.397. The first-order valence-corrected chi connectivity index (χ1v) is 6.64. The molecule has 1 amide bonds. The van der Waals surface area contributed by atoms with Crippen molar-refractivity contribution in [3.05, 3.63) is 0 Å². The van der Waals surface area contributed by atoms with Gasteiger partial charge in [-0.15, -0.1) is 0 Å². The standard InChI is InChI=1S/C13H26N2O/c1-10-6-5-7-12(11(10)2)15-13(16)8-3-4-9-14/h10-12H,3-9,14H2,1-2H3,(H,15,16). The Morgan fingerprint density at radius 2 is 2.06 bits per heavy atom. The Hall–Kier alpha value is -0.570. The fourth-order valence-corrected chi connectivity index (χ4v) is 2.49. The van der Waals surface area contributed by atoms with Gasteiger partial charge in [0.05, 0.1) is 0 Å². The number of hydrogen-bond acceptors (Lipinski definition) is 2. The average molecular weight is 226 g/mol. The molecule has 3 heteroatoms. The quantitative estimate of drug-likeness (QED) is 0.705. The first-order chi connectivity index (χ1) is 7.65. The van der Waals surface area contributed by atoms with E-state index < -0.39 is 0 Å². The van der Waals surface area contributed by atoms with Crippen LogP contribution in [-0.2, 0) is 4.79 Å². The van der Waals surface area contributed by atoms with Gasteiger partial charge in [0.25, 0.3) is 0 Å². The predicted octanol–water partition coefficient (Wildman–Crippen LogP) is 2.06. The summed E-state index contributed by atoms with van der Waals surface area (Å²) >= 11 is 0. The number of unbranched alkanes of at least 4 members (excludes halogenated alkanes) is 1. The Morgan fingerprint density at radius 3 is 2.75 bits per heavy atom. The van der Waals surface area contributed by atoms with E-state index >= 15 is 0 Å². The minimum Gasteiger partial charge on any atom is -0.353 e. The zero-order valence-corrected chi connectivity index (χ0v) is 10.7. The van der Waals surface area contributed by atoms with E-state index in [1.807, 2.05) is 0 Å². The Bertz CT molecular complexity index is 218. The van der Waals surface area contributed by atoms with Gasteiger partial charge in [0.1, 0.15) is 0 Å². The van der Waals surface area contributed by atoms with E-state index in [0.717, 1.165) is 25.2 Å². The van der Waals surface area contributed by atoms with E-state index in [4.69, 9.17) is 5.73 Å². The number of amides is 1. The number of carbonyl (C=O) groups is 1. The first-order valence-electron chi connectivity index (χ1n) is 6.64. The van der Waals surface area contributed by atoms with Crippen LogP contribution in [0.5, 0.6) is 0 Å². The fraction of sp³-hybridized carbons (Fsp3) is 0.923. The van der Waals surface area contributed by atoms with Gasteiger partial charge in [-0.25, -0.2) is 0 Å². The second-order valence-corrected chi connectivity index (χ2v) is 5.19. The van der Waals surface area contributed by atoms with Gasteiger partial charge in [-0.05, 0) is 37.6 Å². The van der Waals surface area contributed by atoms with Gasteiger partial charge in [0, 0.05) is 12.5 Å². The van der Waals surface area contributed by atoms with Crippen molar-refractivity contribution in [2.24, 2.45) is 17.6 Å². The molecule has 0 aromatic rings. The molecule has 16 heavy (non-hydrogen) atoms. The molecule has 0 heterocycles. The van der Waals surface area contributed by atoms with Crippen molar-refractivity contribution in [2.75, 3.05) is 6.54 Å². The SMILES string of the molecule is CC1CCCC(NC(=O)CCCCN)C1C. The van der Waals surface area contributed by atoms with Crippen molar-refractivity contribution < 1.29 is 4.79 Å². The van der Waals surface area contributed by atoms with E-state index in [1.54, 1.807) is 0 Å². The van der Waals surface area contributed by atoms with Crippen LogP contribution in [0.15, 0.2) is 0 Å². The van der Waals surface area contributed by atoms with E-state index in [9.17, 15) is 4.79 Å². The van der Waals surface area contributed by atoms with E-state index in [2.05, 4.69) is 19.2 Å². The third-order valence-electron chi connectivity index (χ3n) is 3.91. The van der Waals surface area contributed by atoms with Crippen LogP contribution in [0.3, 0.4) is 0 Å². The maximum Gasteiger partial charge on any atom is 0.220 e. The van der Waals surface area contributed by atoms with Crippen molar-refractivity contribution in [3.8, 4) is 0 Å². The highest BCUT2D eigenvalue weighted by Gasteiger charge is 2.27. The number of rotatable bonds is 5. The minimum atomic E-state index is 0.208. The summed E-state index contributed by atoms with van der Waals surface area (Å²) in [7, 11) is 0. The van der Waals surface area contributed by atoms with Gasteiger partial charge >= 0.3 is 0 Å². The van der Waals surface area contributed by atoms with Crippen LogP contribution in [0.4, 0.5) is 0 Å².